The lowest BCUT2D eigenvalue weighted by Crippen LogP contribution is -2.39. The third kappa shape index (κ3) is 2.81. The van der Waals surface area contributed by atoms with Gasteiger partial charge >= 0.3 is 0 Å². The van der Waals surface area contributed by atoms with E-state index in [1.54, 1.807) is 31.3 Å². The molecule has 4 nitrogen and oxygen atoms in total. The Kier molecular flexibility index (Phi) is 3.59. The molecule has 0 aromatic carbocycles. The van der Waals surface area contributed by atoms with Crippen LogP contribution in [0.4, 0.5) is 0 Å². The first-order valence-electron chi connectivity index (χ1n) is 4.50. The smallest absolute Gasteiger partial charge is 0.239 e. The first-order valence-corrected chi connectivity index (χ1v) is 4.50. The van der Waals surface area contributed by atoms with Crippen molar-refractivity contribution in [3.05, 3.63) is 30.1 Å². The Hall–Kier alpha value is -1.42. The minimum absolute atomic E-state index is 0.0539. The molecule has 0 spiro atoms. The number of nitrogens with two attached hydrogens (primary N) is 1. The molecule has 1 rings (SSSR count). The van der Waals surface area contributed by atoms with E-state index in [2.05, 4.69) is 4.98 Å². The fraction of sp³-hybridized carbons (Fsp3) is 0.400. The highest BCUT2D eigenvalue weighted by molar-refractivity contribution is 5.80. The number of rotatable bonds is 3. The molecule has 1 heterocycles. The van der Waals surface area contributed by atoms with E-state index in [0.29, 0.717) is 6.54 Å². The molecule has 4 heteroatoms. The van der Waals surface area contributed by atoms with Crippen molar-refractivity contribution in [1.29, 1.82) is 0 Å². The van der Waals surface area contributed by atoms with Gasteiger partial charge in [-0.3, -0.25) is 9.78 Å². The van der Waals surface area contributed by atoms with Crippen LogP contribution in [0.3, 0.4) is 0 Å². The minimum Gasteiger partial charge on any atom is -0.340 e. The molecule has 0 saturated carbocycles. The lowest BCUT2D eigenvalue weighted by molar-refractivity contribution is -0.131. The van der Waals surface area contributed by atoms with Gasteiger partial charge in [0, 0.05) is 26.0 Å². The van der Waals surface area contributed by atoms with Crippen LogP contribution in [0, 0.1) is 0 Å². The fourth-order valence-corrected chi connectivity index (χ4v) is 1.19. The zero-order chi connectivity index (χ0) is 10.6. The predicted octanol–water partition coefficient (Wildman–Crippen LogP) is 0.387. The number of pyridine rings is 1. The summed E-state index contributed by atoms with van der Waals surface area (Å²) in [5, 5.41) is 0. The lowest BCUT2D eigenvalue weighted by Gasteiger charge is -2.19. The number of amides is 1. The average Bonchev–Trinajstić information content (AvgIpc) is 2.18. The Morgan fingerprint density at radius 3 is 2.64 bits per heavy atom. The quantitative estimate of drug-likeness (QED) is 0.755. The van der Waals surface area contributed by atoms with Crippen molar-refractivity contribution >= 4 is 5.91 Å². The minimum atomic E-state index is -0.443. The molecule has 0 aliphatic carbocycles. The molecule has 1 aromatic rings. The molecule has 14 heavy (non-hydrogen) atoms. The SMILES string of the molecule is C[C@@H](N)C(=O)N(C)Cc1ccncc1. The highest BCUT2D eigenvalue weighted by atomic mass is 16.2. The number of likely N-dealkylation sites (N-methyl/N-ethyl adjacent to an activating group) is 1. The van der Waals surface area contributed by atoms with Crippen molar-refractivity contribution < 1.29 is 4.79 Å². The second kappa shape index (κ2) is 4.72. The van der Waals surface area contributed by atoms with Crippen molar-refractivity contribution in [2.24, 2.45) is 5.73 Å². The third-order valence-electron chi connectivity index (χ3n) is 1.93. The molecular weight excluding hydrogens is 178 g/mol. The summed E-state index contributed by atoms with van der Waals surface area (Å²) < 4.78 is 0. The van der Waals surface area contributed by atoms with Gasteiger partial charge in [0.2, 0.25) is 5.91 Å². The van der Waals surface area contributed by atoms with Crippen LogP contribution in [0.2, 0.25) is 0 Å². The van der Waals surface area contributed by atoms with Gasteiger partial charge in [-0.15, -0.1) is 0 Å². The van der Waals surface area contributed by atoms with E-state index in [1.807, 2.05) is 12.1 Å². The van der Waals surface area contributed by atoms with E-state index < -0.39 is 6.04 Å². The second-order valence-corrected chi connectivity index (χ2v) is 3.34. The van der Waals surface area contributed by atoms with E-state index >= 15 is 0 Å². The van der Waals surface area contributed by atoms with Crippen molar-refractivity contribution in [2.45, 2.75) is 19.5 Å². The van der Waals surface area contributed by atoms with Gasteiger partial charge in [0.25, 0.3) is 0 Å². The topological polar surface area (TPSA) is 59.2 Å². The van der Waals surface area contributed by atoms with E-state index in [4.69, 9.17) is 5.73 Å². The van der Waals surface area contributed by atoms with E-state index in [9.17, 15) is 4.79 Å². The van der Waals surface area contributed by atoms with Gasteiger partial charge in [-0.2, -0.15) is 0 Å². The molecule has 0 aliphatic rings. The molecular formula is C10H15N3O. The van der Waals surface area contributed by atoms with Crippen LogP contribution in [0.25, 0.3) is 0 Å². The molecule has 0 bridgehead atoms. The number of carbonyl (C=O) groups is 1. The van der Waals surface area contributed by atoms with Crippen molar-refractivity contribution in [3.8, 4) is 0 Å². The standard InChI is InChI=1S/C10H15N3O/c1-8(11)10(14)13(2)7-9-3-5-12-6-4-9/h3-6,8H,7,11H2,1-2H3/t8-/m1/s1. The molecule has 0 unspecified atom stereocenters. The normalized spacial score (nSPS) is 12.2. The molecule has 0 saturated heterocycles. The Morgan fingerprint density at radius 1 is 1.57 bits per heavy atom. The van der Waals surface area contributed by atoms with Gasteiger partial charge in [-0.05, 0) is 24.6 Å². The van der Waals surface area contributed by atoms with E-state index in [1.165, 1.54) is 0 Å². The first-order chi connectivity index (χ1) is 6.61. The largest absolute Gasteiger partial charge is 0.340 e. The molecule has 1 atom stereocenters. The maximum atomic E-state index is 11.4. The summed E-state index contributed by atoms with van der Waals surface area (Å²) in [6.07, 6.45) is 3.42. The summed E-state index contributed by atoms with van der Waals surface area (Å²) in [7, 11) is 1.74. The fourth-order valence-electron chi connectivity index (χ4n) is 1.19. The van der Waals surface area contributed by atoms with Crippen LogP contribution in [-0.4, -0.2) is 28.9 Å². The van der Waals surface area contributed by atoms with Gasteiger partial charge in [-0.1, -0.05) is 0 Å². The molecule has 1 amide bonds. The lowest BCUT2D eigenvalue weighted by atomic mass is 10.2. The van der Waals surface area contributed by atoms with E-state index in [0.717, 1.165) is 5.56 Å². The van der Waals surface area contributed by atoms with Crippen LogP contribution < -0.4 is 5.73 Å². The highest BCUT2D eigenvalue weighted by Gasteiger charge is 2.12. The monoisotopic (exact) mass is 193 g/mol. The van der Waals surface area contributed by atoms with Crippen molar-refractivity contribution in [3.63, 3.8) is 0 Å². The number of hydrogen-bond donors (Lipinski definition) is 1. The zero-order valence-corrected chi connectivity index (χ0v) is 8.47. The Balaban J connectivity index is 2.57. The van der Waals surface area contributed by atoms with Gasteiger partial charge in [-0.25, -0.2) is 0 Å². The summed E-state index contributed by atoms with van der Waals surface area (Å²) in [6, 6.07) is 3.32. The summed E-state index contributed by atoms with van der Waals surface area (Å²) in [5.41, 5.74) is 6.54. The van der Waals surface area contributed by atoms with E-state index in [-0.39, 0.29) is 5.91 Å². The molecule has 0 aliphatic heterocycles. The van der Waals surface area contributed by atoms with Gasteiger partial charge in [0.1, 0.15) is 0 Å². The Morgan fingerprint density at radius 2 is 2.14 bits per heavy atom. The summed E-state index contributed by atoms with van der Waals surface area (Å²) in [5.74, 6) is -0.0539. The van der Waals surface area contributed by atoms with Crippen LogP contribution >= 0.6 is 0 Å². The number of hydrogen-bond acceptors (Lipinski definition) is 3. The Bertz CT molecular complexity index is 297. The van der Waals surface area contributed by atoms with Crippen LogP contribution in [0.15, 0.2) is 24.5 Å². The maximum absolute atomic E-state index is 11.4. The molecule has 2 N–H and O–H groups in total. The number of nitrogens with zero attached hydrogens (tertiary/aromatic N) is 2. The molecule has 1 aromatic heterocycles. The van der Waals surface area contributed by atoms with Crippen molar-refractivity contribution in [2.75, 3.05) is 7.05 Å². The number of carbonyl (C=O) groups excluding carboxylic acids is 1. The van der Waals surface area contributed by atoms with Gasteiger partial charge in [0.15, 0.2) is 0 Å². The van der Waals surface area contributed by atoms with Crippen LogP contribution in [0.5, 0.6) is 0 Å². The molecule has 0 fully saturated rings. The van der Waals surface area contributed by atoms with Gasteiger partial charge in [0.05, 0.1) is 6.04 Å². The average molecular weight is 193 g/mol. The summed E-state index contributed by atoms with van der Waals surface area (Å²) in [4.78, 5) is 16.9. The molecule has 0 radical (unpaired) electrons. The summed E-state index contributed by atoms with van der Waals surface area (Å²) >= 11 is 0. The number of aromatic nitrogens is 1. The molecule has 76 valence electrons. The zero-order valence-electron chi connectivity index (χ0n) is 8.47. The first kappa shape index (κ1) is 10.7. The van der Waals surface area contributed by atoms with Crippen molar-refractivity contribution in [1.82, 2.24) is 9.88 Å². The second-order valence-electron chi connectivity index (χ2n) is 3.34. The predicted molar refractivity (Wildman–Crippen MR) is 54.4 cm³/mol. The van der Waals surface area contributed by atoms with Crippen LogP contribution in [-0.2, 0) is 11.3 Å². The third-order valence-corrected chi connectivity index (χ3v) is 1.93. The summed E-state index contributed by atoms with van der Waals surface area (Å²) in [6.45, 7) is 2.26. The highest BCUT2D eigenvalue weighted by Crippen LogP contribution is 2.01. The Labute approximate surface area is 83.7 Å². The van der Waals surface area contributed by atoms with Gasteiger partial charge < -0.3 is 10.6 Å². The maximum Gasteiger partial charge on any atom is 0.239 e. The van der Waals surface area contributed by atoms with Crippen LogP contribution in [0.1, 0.15) is 12.5 Å².